The number of urea groups is 1. The van der Waals surface area contributed by atoms with Crippen LogP contribution in [-0.2, 0) is 17.8 Å². The summed E-state index contributed by atoms with van der Waals surface area (Å²) in [7, 11) is 0. The number of nitro benzene ring substituents is 1. The predicted molar refractivity (Wildman–Crippen MR) is 96.7 cm³/mol. The van der Waals surface area contributed by atoms with Crippen LogP contribution < -0.4 is 16.4 Å². The second-order valence-electron chi connectivity index (χ2n) is 5.71. The van der Waals surface area contributed by atoms with Crippen LogP contribution in [0.3, 0.4) is 0 Å². The summed E-state index contributed by atoms with van der Waals surface area (Å²) < 4.78 is 5.36. The number of hydrogen-bond donors (Lipinski definition) is 3. The van der Waals surface area contributed by atoms with Gasteiger partial charge in [-0.15, -0.1) is 11.3 Å². The lowest BCUT2D eigenvalue weighted by molar-refractivity contribution is -0.385. The minimum atomic E-state index is -0.620. The number of benzene rings is 1. The van der Waals surface area contributed by atoms with Gasteiger partial charge in [0.25, 0.3) is 11.6 Å². The highest BCUT2D eigenvalue weighted by atomic mass is 32.1. The van der Waals surface area contributed by atoms with Gasteiger partial charge in [0.05, 0.1) is 23.7 Å². The Labute approximate surface area is 152 Å². The monoisotopic (exact) mass is 376 g/mol. The lowest BCUT2D eigenvalue weighted by Gasteiger charge is -2.12. The van der Waals surface area contributed by atoms with Gasteiger partial charge in [-0.2, -0.15) is 0 Å². The molecule has 1 aromatic carbocycles. The molecule has 3 amide bonds. The number of carbonyl (C=O) groups is 2. The van der Waals surface area contributed by atoms with Gasteiger partial charge < -0.3 is 15.8 Å². The van der Waals surface area contributed by atoms with Crippen LogP contribution in [0.2, 0.25) is 0 Å². The third-order valence-electron chi connectivity index (χ3n) is 3.96. The largest absolute Gasteiger partial charge is 0.376 e. The second kappa shape index (κ2) is 7.10. The molecule has 136 valence electrons. The van der Waals surface area contributed by atoms with E-state index in [1.165, 1.54) is 17.4 Å². The van der Waals surface area contributed by atoms with Crippen LogP contribution in [0, 0.1) is 17.0 Å². The van der Waals surface area contributed by atoms with Crippen molar-refractivity contribution in [2.75, 3.05) is 17.2 Å². The number of rotatable bonds is 4. The summed E-state index contributed by atoms with van der Waals surface area (Å²) in [5.74, 6) is -0.620. The highest BCUT2D eigenvalue weighted by Crippen LogP contribution is 2.36. The molecule has 1 aliphatic heterocycles. The first kappa shape index (κ1) is 17.8. The van der Waals surface area contributed by atoms with Crippen LogP contribution >= 0.6 is 11.3 Å². The van der Waals surface area contributed by atoms with E-state index < -0.39 is 16.9 Å². The Morgan fingerprint density at radius 3 is 2.81 bits per heavy atom. The summed E-state index contributed by atoms with van der Waals surface area (Å²) in [6, 6.07) is 3.76. The molecule has 0 unspecified atom stereocenters. The Bertz CT molecular complexity index is 908. The van der Waals surface area contributed by atoms with Gasteiger partial charge in [0.15, 0.2) is 0 Å². The summed E-state index contributed by atoms with van der Waals surface area (Å²) >= 11 is 1.23. The van der Waals surface area contributed by atoms with Gasteiger partial charge >= 0.3 is 6.03 Å². The number of carbonyl (C=O) groups excluding carboxylic acids is 2. The number of aryl methyl sites for hydroxylation is 1. The van der Waals surface area contributed by atoms with Crippen molar-refractivity contribution in [2.45, 2.75) is 20.0 Å². The Morgan fingerprint density at radius 1 is 1.35 bits per heavy atom. The maximum atomic E-state index is 12.3. The highest BCUT2D eigenvalue weighted by molar-refractivity contribution is 7.17. The average Bonchev–Trinajstić information content (AvgIpc) is 2.94. The molecule has 1 aromatic heterocycles. The topological polar surface area (TPSA) is 137 Å². The van der Waals surface area contributed by atoms with Gasteiger partial charge in [0.1, 0.15) is 5.00 Å². The van der Waals surface area contributed by atoms with E-state index in [2.05, 4.69) is 10.6 Å². The zero-order valence-corrected chi connectivity index (χ0v) is 14.6. The highest BCUT2D eigenvalue weighted by Gasteiger charge is 2.25. The lowest BCUT2D eigenvalue weighted by atomic mass is 10.1. The Hall–Kier alpha value is -2.98. The molecule has 0 fully saturated rings. The number of anilines is 2. The molecule has 2 heterocycles. The molecule has 2 aromatic rings. The summed E-state index contributed by atoms with van der Waals surface area (Å²) in [6.07, 6.45) is 0.553. The van der Waals surface area contributed by atoms with Crippen LogP contribution in [0.15, 0.2) is 18.2 Å². The fourth-order valence-electron chi connectivity index (χ4n) is 2.73. The number of thiophene rings is 1. The maximum Gasteiger partial charge on any atom is 0.324 e. The van der Waals surface area contributed by atoms with E-state index in [1.807, 2.05) is 0 Å². The first-order valence-electron chi connectivity index (χ1n) is 7.72. The van der Waals surface area contributed by atoms with Gasteiger partial charge in [-0.1, -0.05) is 6.07 Å². The van der Waals surface area contributed by atoms with Crippen LogP contribution in [0.4, 0.5) is 21.2 Å². The van der Waals surface area contributed by atoms with Gasteiger partial charge in [-0.25, -0.2) is 4.79 Å². The molecule has 0 aliphatic carbocycles. The van der Waals surface area contributed by atoms with Crippen LogP contribution in [0.25, 0.3) is 0 Å². The van der Waals surface area contributed by atoms with Crippen LogP contribution in [0.5, 0.6) is 0 Å². The number of amides is 3. The first-order chi connectivity index (χ1) is 12.4. The number of primary amides is 1. The third-order valence-corrected chi connectivity index (χ3v) is 5.08. The molecule has 0 bridgehead atoms. The number of ether oxygens (including phenoxy) is 1. The van der Waals surface area contributed by atoms with E-state index >= 15 is 0 Å². The van der Waals surface area contributed by atoms with Crippen molar-refractivity contribution < 1.29 is 19.2 Å². The fourth-order valence-corrected chi connectivity index (χ4v) is 3.92. The van der Waals surface area contributed by atoms with Gasteiger partial charge in [-0.05, 0) is 25.0 Å². The smallest absolute Gasteiger partial charge is 0.324 e. The van der Waals surface area contributed by atoms with Crippen molar-refractivity contribution in [3.8, 4) is 0 Å². The Kier molecular flexibility index (Phi) is 4.87. The summed E-state index contributed by atoms with van der Waals surface area (Å²) in [5, 5.41) is 16.5. The number of nitro groups is 1. The quantitative estimate of drug-likeness (QED) is 0.557. The normalized spacial score (nSPS) is 13.0. The molecule has 3 rings (SSSR count). The molecule has 0 radical (unpaired) electrons. The van der Waals surface area contributed by atoms with Crippen molar-refractivity contribution in [1.82, 2.24) is 0 Å². The zero-order valence-electron chi connectivity index (χ0n) is 13.8. The standard InChI is InChI=1S/C16H16N4O5S/c1-8-2-3-9(6-11(8)20(23)24)18-16(22)19-15-13(14(17)21)10-4-5-25-7-12(10)26-15/h2-3,6H,4-5,7H2,1H3,(H2,17,21)(H2,18,19,22). The number of nitrogens with two attached hydrogens (primary N) is 1. The number of fused-ring (bicyclic) bond motifs is 1. The maximum absolute atomic E-state index is 12.3. The summed E-state index contributed by atoms with van der Waals surface area (Å²) in [4.78, 5) is 35.4. The molecule has 0 atom stereocenters. The van der Waals surface area contributed by atoms with Crippen molar-refractivity contribution in [2.24, 2.45) is 5.73 Å². The number of hydrogen-bond acceptors (Lipinski definition) is 6. The molecule has 10 heteroatoms. The van der Waals surface area contributed by atoms with E-state index in [9.17, 15) is 19.7 Å². The van der Waals surface area contributed by atoms with Crippen molar-refractivity contribution in [3.05, 3.63) is 49.9 Å². The van der Waals surface area contributed by atoms with Crippen LogP contribution in [0.1, 0.15) is 26.4 Å². The second-order valence-corrected chi connectivity index (χ2v) is 6.82. The van der Waals surface area contributed by atoms with E-state index in [0.717, 1.165) is 10.4 Å². The van der Waals surface area contributed by atoms with Gasteiger partial charge in [0, 0.05) is 22.2 Å². The molecule has 0 saturated heterocycles. The van der Waals surface area contributed by atoms with Crippen molar-refractivity contribution in [1.29, 1.82) is 0 Å². The summed E-state index contributed by atoms with van der Waals surface area (Å²) in [6.45, 7) is 2.47. The third kappa shape index (κ3) is 3.51. The molecule has 0 spiro atoms. The van der Waals surface area contributed by atoms with E-state index in [4.69, 9.17) is 10.5 Å². The first-order valence-corrected chi connectivity index (χ1v) is 8.53. The van der Waals surface area contributed by atoms with Crippen molar-refractivity contribution >= 4 is 39.7 Å². The van der Waals surface area contributed by atoms with Gasteiger partial charge in [-0.3, -0.25) is 20.2 Å². The van der Waals surface area contributed by atoms with E-state index in [1.54, 1.807) is 19.1 Å². The summed E-state index contributed by atoms with van der Waals surface area (Å²) in [5.41, 5.74) is 7.22. The molecular formula is C16H16N4O5S. The number of nitrogens with one attached hydrogen (secondary N) is 2. The predicted octanol–water partition coefficient (Wildman–Crippen LogP) is 2.78. The lowest BCUT2D eigenvalue weighted by Crippen LogP contribution is -2.22. The molecular weight excluding hydrogens is 360 g/mol. The molecule has 26 heavy (non-hydrogen) atoms. The van der Waals surface area contributed by atoms with E-state index in [0.29, 0.717) is 35.8 Å². The molecule has 0 saturated carbocycles. The van der Waals surface area contributed by atoms with E-state index in [-0.39, 0.29) is 11.4 Å². The average molecular weight is 376 g/mol. The Balaban J connectivity index is 1.81. The Morgan fingerprint density at radius 2 is 2.12 bits per heavy atom. The molecule has 1 aliphatic rings. The zero-order chi connectivity index (χ0) is 18.8. The van der Waals surface area contributed by atoms with Crippen molar-refractivity contribution in [3.63, 3.8) is 0 Å². The van der Waals surface area contributed by atoms with Crippen LogP contribution in [-0.4, -0.2) is 23.5 Å². The number of nitrogens with zero attached hydrogens (tertiary/aromatic N) is 1. The van der Waals surface area contributed by atoms with Gasteiger partial charge in [0.2, 0.25) is 0 Å². The SMILES string of the molecule is Cc1ccc(NC(=O)Nc2sc3c(c2C(N)=O)CCOC3)cc1[N+](=O)[O-]. The fraction of sp³-hybridized carbons (Fsp3) is 0.250. The minimum Gasteiger partial charge on any atom is -0.376 e. The molecule has 9 nitrogen and oxygen atoms in total. The molecule has 4 N–H and O–H groups in total. The minimum absolute atomic E-state index is 0.0932.